The summed E-state index contributed by atoms with van der Waals surface area (Å²) in [5, 5.41) is 4.70. The molecule has 1 saturated heterocycles. The van der Waals surface area contributed by atoms with E-state index in [1.807, 2.05) is 0 Å². The number of aliphatic hydroxyl groups is 1. The minimum Gasteiger partial charge on any atom is -0.493 e. The first-order chi connectivity index (χ1) is 14.3. The molecule has 22 heavy (non-hydrogen) atoms. The van der Waals surface area contributed by atoms with Crippen LogP contribution in [0, 0.1) is 5.92 Å². The van der Waals surface area contributed by atoms with E-state index in [1.165, 1.54) is 17.0 Å². The molecule has 2 heterocycles. The number of piperidine rings is 1. The Morgan fingerprint density at radius 2 is 2.55 bits per heavy atom. The molecule has 5 atom stereocenters. The van der Waals surface area contributed by atoms with Crippen molar-refractivity contribution in [3.8, 4) is 11.5 Å². The fraction of sp³-hybridized carbons (Fsp3) is 0.556. The molecule has 1 N–H and O–H groups in total. The van der Waals surface area contributed by atoms with Gasteiger partial charge in [-0.25, -0.2) is 0 Å². The quantitative estimate of drug-likeness (QED) is 0.841. The van der Waals surface area contributed by atoms with Crippen LogP contribution in [0.15, 0.2) is 24.3 Å². The van der Waals surface area contributed by atoms with Crippen molar-refractivity contribution in [1.82, 2.24) is 4.90 Å². The van der Waals surface area contributed by atoms with Crippen LogP contribution in [-0.4, -0.2) is 50.2 Å². The standard InChI is InChI=1S/C18H21NO3/c1-19-8-7-18-11-4-5-13(20)17(18)22-16-14(21-2)6-3-10(15(16)18)9-12(11)19/h3-6,11-13,17,20H,7-9H2,1-2H3/t11-,12+,13?,17?,18-/m0/s1/i1D3,2D3,13D,17D,20D. The van der Waals surface area contributed by atoms with E-state index >= 15 is 0 Å². The average molecular weight is 308 g/mol. The molecule has 4 nitrogen and oxygen atoms in total. The lowest BCUT2D eigenvalue weighted by Crippen LogP contribution is -2.64. The van der Waals surface area contributed by atoms with E-state index in [0.717, 1.165) is 5.56 Å². The van der Waals surface area contributed by atoms with Crippen LogP contribution in [0.2, 0.25) is 0 Å². The number of hydrogen-bond donors (Lipinski definition) is 1. The van der Waals surface area contributed by atoms with Gasteiger partial charge in [0.1, 0.15) is 12.2 Å². The van der Waals surface area contributed by atoms with Gasteiger partial charge in [0.15, 0.2) is 11.5 Å². The van der Waals surface area contributed by atoms with Gasteiger partial charge >= 0.3 is 0 Å². The van der Waals surface area contributed by atoms with Gasteiger partial charge in [0, 0.05) is 27.1 Å². The van der Waals surface area contributed by atoms with Crippen molar-refractivity contribution in [2.24, 2.45) is 5.92 Å². The highest BCUT2D eigenvalue weighted by Crippen LogP contribution is 2.62. The van der Waals surface area contributed by atoms with Crippen molar-refractivity contribution in [2.45, 2.75) is 36.5 Å². The Labute approximate surface area is 143 Å². The molecule has 2 aliphatic heterocycles. The van der Waals surface area contributed by atoms with Crippen LogP contribution in [0.1, 0.15) is 28.5 Å². The molecule has 1 aromatic carbocycles. The summed E-state index contributed by atoms with van der Waals surface area (Å²) in [5.41, 5.74) is 0.0992. The summed E-state index contributed by atoms with van der Waals surface area (Å²) in [6, 6.07) is 2.64. The second-order valence-corrected chi connectivity index (χ2v) is 6.40. The van der Waals surface area contributed by atoms with E-state index in [-0.39, 0.29) is 24.5 Å². The van der Waals surface area contributed by atoms with Crippen molar-refractivity contribution in [3.63, 3.8) is 0 Å². The number of likely N-dealkylation sites (N-methyl/N-ethyl adjacent to an activating group) is 1. The molecule has 4 heteroatoms. The molecule has 4 aliphatic rings. The molecular weight excluding hydrogens is 278 g/mol. The fourth-order valence-corrected chi connectivity index (χ4v) is 4.75. The Morgan fingerprint density at radius 1 is 1.55 bits per heavy atom. The lowest BCUT2D eigenvalue weighted by Gasteiger charge is -2.56. The van der Waals surface area contributed by atoms with Crippen LogP contribution in [0.25, 0.3) is 0 Å². The summed E-state index contributed by atoms with van der Waals surface area (Å²) < 4.78 is 83.0. The van der Waals surface area contributed by atoms with Gasteiger partial charge in [0.2, 0.25) is 1.43 Å². The summed E-state index contributed by atoms with van der Waals surface area (Å²) in [6.07, 6.45) is -0.880. The monoisotopic (exact) mass is 308 g/mol. The SMILES string of the molecule is [2H]OC1([2H])C=C[C@H]2[C@H]3Cc4ccc(OC([2H])([2H])[2H])c5c4[C@@]2(CCN3C([2H])([2H])[2H])C1([2H])O5. The van der Waals surface area contributed by atoms with Crippen molar-refractivity contribution in [3.05, 3.63) is 35.4 Å². The van der Waals surface area contributed by atoms with E-state index in [2.05, 4.69) is 0 Å². The van der Waals surface area contributed by atoms with E-state index in [1.54, 1.807) is 12.1 Å². The number of likely N-dealkylation sites (tertiary alicyclic amines) is 1. The predicted octanol–water partition coefficient (Wildman–Crippen LogP) is 1.50. The van der Waals surface area contributed by atoms with Gasteiger partial charge in [-0.15, -0.1) is 0 Å². The largest absolute Gasteiger partial charge is 0.493 e. The van der Waals surface area contributed by atoms with E-state index < -0.39 is 43.5 Å². The predicted molar refractivity (Wildman–Crippen MR) is 82.5 cm³/mol. The van der Waals surface area contributed by atoms with Crippen LogP contribution >= 0.6 is 0 Å². The molecule has 1 spiro atoms. The topological polar surface area (TPSA) is 41.9 Å². The second-order valence-electron chi connectivity index (χ2n) is 6.40. The molecule has 0 aromatic heterocycles. The number of nitrogens with zero attached hydrogens (tertiary/aromatic N) is 1. The zero-order valence-electron chi connectivity index (χ0n) is 20.8. The summed E-state index contributed by atoms with van der Waals surface area (Å²) in [6.45, 7) is -2.21. The molecule has 0 saturated carbocycles. The first-order valence-electron chi connectivity index (χ1n) is 11.8. The van der Waals surface area contributed by atoms with Crippen LogP contribution in [0.5, 0.6) is 11.5 Å². The zero-order valence-corrected chi connectivity index (χ0v) is 11.8. The lowest BCUT2D eigenvalue weighted by molar-refractivity contribution is -0.0453. The van der Waals surface area contributed by atoms with Gasteiger partial charge in [-0.2, -0.15) is 0 Å². The molecule has 2 bridgehead atoms. The molecule has 0 amide bonds. The Bertz CT molecular complexity index is 979. The Kier molecular flexibility index (Phi) is 1.28. The van der Waals surface area contributed by atoms with Crippen molar-refractivity contribution in [2.75, 3.05) is 20.6 Å². The third-order valence-electron chi connectivity index (χ3n) is 5.61. The number of ether oxygens (including phenoxy) is 2. The minimum absolute atomic E-state index is 0.0618. The zero-order chi connectivity index (χ0) is 22.6. The van der Waals surface area contributed by atoms with E-state index in [9.17, 15) is 1.37 Å². The average Bonchev–Trinajstić information content (AvgIpc) is 2.92. The highest BCUT2D eigenvalue weighted by molar-refractivity contribution is 5.62. The smallest absolute Gasteiger partial charge is 0.211 e. The number of rotatable bonds is 2. The van der Waals surface area contributed by atoms with Crippen molar-refractivity contribution >= 4 is 0 Å². The highest BCUT2D eigenvalue weighted by atomic mass is 16.5. The number of benzene rings is 1. The Morgan fingerprint density at radius 3 is 3.41 bits per heavy atom. The third-order valence-corrected chi connectivity index (χ3v) is 5.61. The van der Waals surface area contributed by atoms with Crippen LogP contribution in [0.4, 0.5) is 0 Å². The van der Waals surface area contributed by atoms with Crippen molar-refractivity contribution < 1.29 is 25.5 Å². The molecule has 0 radical (unpaired) electrons. The van der Waals surface area contributed by atoms with Crippen LogP contribution in [0.3, 0.4) is 0 Å². The van der Waals surface area contributed by atoms with E-state index in [0.29, 0.717) is 12.0 Å². The number of hydrogen-bond acceptors (Lipinski definition) is 4. The molecule has 116 valence electrons. The molecule has 2 aliphatic carbocycles. The summed E-state index contributed by atoms with van der Waals surface area (Å²) >= 11 is 0. The maximum Gasteiger partial charge on any atom is 0.211 e. The second kappa shape index (κ2) is 4.06. The fourth-order valence-electron chi connectivity index (χ4n) is 4.75. The Hall–Kier alpha value is -1.52. The summed E-state index contributed by atoms with van der Waals surface area (Å²) in [4.78, 5) is 1.44. The van der Waals surface area contributed by atoms with Gasteiger partial charge in [-0.3, -0.25) is 0 Å². The maximum absolute atomic E-state index is 9.30. The highest BCUT2D eigenvalue weighted by Gasteiger charge is 2.64. The first kappa shape index (κ1) is 6.93. The molecule has 1 aromatic rings. The van der Waals surface area contributed by atoms with Gasteiger partial charge < -0.3 is 19.5 Å². The van der Waals surface area contributed by atoms with Gasteiger partial charge in [-0.05, 0) is 38.0 Å². The van der Waals surface area contributed by atoms with Gasteiger partial charge in [0.25, 0.3) is 0 Å². The lowest BCUT2D eigenvalue weighted by atomic mass is 9.53. The Balaban J connectivity index is 1.78. The maximum atomic E-state index is 9.30. The number of methoxy groups -OCH3 is 1. The van der Waals surface area contributed by atoms with Gasteiger partial charge in [0.05, 0.1) is 13.9 Å². The third kappa shape index (κ3) is 1.28. The normalized spacial score (nSPS) is 54.8. The van der Waals surface area contributed by atoms with Crippen LogP contribution in [-0.2, 0) is 11.8 Å². The first-order valence-corrected chi connectivity index (χ1v) is 7.42. The molecule has 2 unspecified atom stereocenters. The van der Waals surface area contributed by atoms with Crippen LogP contribution < -0.4 is 9.47 Å². The van der Waals surface area contributed by atoms with Gasteiger partial charge in [-0.1, -0.05) is 18.2 Å². The molecular formula is C18H21NO3. The summed E-state index contributed by atoms with van der Waals surface area (Å²) in [7, 11) is -2.75. The summed E-state index contributed by atoms with van der Waals surface area (Å²) in [5.74, 6) is -0.506. The minimum atomic E-state index is -2.75. The molecule has 5 rings (SSSR count). The molecule has 1 fully saturated rings. The van der Waals surface area contributed by atoms with E-state index in [4.69, 9.17) is 25.6 Å². The van der Waals surface area contributed by atoms with Crippen molar-refractivity contribution in [1.29, 1.82) is 1.43 Å².